The van der Waals surface area contributed by atoms with Crippen molar-refractivity contribution in [2.45, 2.75) is 45.3 Å². The van der Waals surface area contributed by atoms with E-state index in [0.717, 1.165) is 97.1 Å². The van der Waals surface area contributed by atoms with Crippen molar-refractivity contribution in [1.29, 1.82) is 0 Å². The van der Waals surface area contributed by atoms with Crippen LogP contribution in [-0.2, 0) is 66.2 Å². The zero-order chi connectivity index (χ0) is 67.1. The van der Waals surface area contributed by atoms with Crippen molar-refractivity contribution in [2.75, 3.05) is 0 Å². The zero-order valence-electron chi connectivity index (χ0n) is 45.5. The van der Waals surface area contributed by atoms with Gasteiger partial charge in [-0.2, -0.15) is 54.1 Å². The third-order valence-electron chi connectivity index (χ3n) is 13.4. The monoisotopic (exact) mass is 1340 g/mol. The van der Waals surface area contributed by atoms with Gasteiger partial charge in [-0.15, -0.1) is 20.5 Å². The summed E-state index contributed by atoms with van der Waals surface area (Å²) in [7, 11) is -21.0. The van der Waals surface area contributed by atoms with E-state index in [-0.39, 0.29) is 67.3 Å². The van der Waals surface area contributed by atoms with Crippen LogP contribution in [0.25, 0.3) is 0 Å². The van der Waals surface area contributed by atoms with Crippen LogP contribution in [0.1, 0.15) is 44.5 Å². The van der Waals surface area contributed by atoms with Gasteiger partial charge in [0.25, 0.3) is 63.2 Å². The van der Waals surface area contributed by atoms with Crippen molar-refractivity contribution in [3.05, 3.63) is 206 Å². The zero-order valence-corrected chi connectivity index (χ0v) is 48.8. The molecule has 0 atom stereocenters. The van der Waals surface area contributed by atoms with E-state index in [2.05, 4.69) is 40.9 Å². The topological polar surface area (TPSA) is 570 Å². The largest absolute Gasteiger partial charge is 0.507 e. The number of non-ortho nitro benzene ring substituents is 4. The maximum atomic E-state index is 12.5. The number of nitrogens with zero attached hydrogens (tertiary/aromatic N) is 12. The lowest BCUT2D eigenvalue weighted by Gasteiger charge is -2.18. The SMILES string of the molecule is O=[N+]([O-])c1ccc(N=Nc2cc3c(O)c(c2)Cc2cc(N=Nc4ccc([N+](=O)[O-])cc4S(=O)(=O)O)cc(c2O)Cc2cc(N=Nc4ccc([N+](=O)[O-])cc4S(=O)(=O)O)cc(c2O)Cc2cc(N=Nc4ccc([N+](=O)[O-])cc4S(=O)(=O)O)cc(c2O)C3)c(S(=O)(=O)O)c1. The van der Waals surface area contributed by atoms with E-state index in [1.807, 2.05) is 0 Å². The van der Waals surface area contributed by atoms with E-state index in [9.17, 15) is 113 Å². The Hall–Kier alpha value is -11.4. The van der Waals surface area contributed by atoms with Crippen LogP contribution < -0.4 is 0 Å². The molecule has 0 fully saturated rings. The Labute approximate surface area is 513 Å². The second kappa shape index (κ2) is 24.9. The molecule has 0 aliphatic heterocycles. The molecule has 1 aliphatic rings. The van der Waals surface area contributed by atoms with Gasteiger partial charge in [-0.25, -0.2) is 0 Å². The van der Waals surface area contributed by atoms with Crippen molar-refractivity contribution in [3.63, 3.8) is 0 Å². The highest BCUT2D eigenvalue weighted by atomic mass is 32.2. The smallest absolute Gasteiger partial charge is 0.297 e. The Morgan fingerprint density at radius 3 is 0.587 bits per heavy atom. The van der Waals surface area contributed by atoms with Gasteiger partial charge in [0.05, 0.1) is 42.4 Å². The van der Waals surface area contributed by atoms with Gasteiger partial charge in [0.15, 0.2) is 0 Å². The summed E-state index contributed by atoms with van der Waals surface area (Å²) in [6, 6.07) is 17.7. The maximum Gasteiger partial charge on any atom is 0.297 e. The molecule has 0 spiro atoms. The summed E-state index contributed by atoms with van der Waals surface area (Å²) in [5.41, 5.74) is -8.56. The van der Waals surface area contributed by atoms with Gasteiger partial charge in [-0.05, 0) is 72.8 Å². The molecule has 0 radical (unpaired) electrons. The van der Waals surface area contributed by atoms with Gasteiger partial charge in [0, 0.05) is 119 Å². The molecule has 9 rings (SSSR count). The average molecular weight is 1340 g/mol. The van der Waals surface area contributed by atoms with Crippen LogP contribution in [0, 0.1) is 40.5 Å². The number of azo groups is 4. The Balaban J connectivity index is 1.31. The highest BCUT2D eigenvalue weighted by Crippen LogP contribution is 2.44. The van der Waals surface area contributed by atoms with Crippen molar-refractivity contribution >= 4 is 109 Å². The van der Waals surface area contributed by atoms with E-state index in [4.69, 9.17) is 0 Å². The molecule has 8 aromatic carbocycles. The van der Waals surface area contributed by atoms with Crippen molar-refractivity contribution < 1.29 is 92.0 Å². The van der Waals surface area contributed by atoms with Gasteiger partial charge in [-0.3, -0.25) is 58.7 Å². The molecule has 36 nitrogen and oxygen atoms in total. The molecule has 0 heterocycles. The first-order valence-electron chi connectivity index (χ1n) is 25.1. The number of aromatic hydroxyl groups is 4. The van der Waals surface area contributed by atoms with Gasteiger partial charge >= 0.3 is 0 Å². The van der Waals surface area contributed by atoms with Crippen LogP contribution in [0.15, 0.2) is 182 Å². The van der Waals surface area contributed by atoms with Crippen molar-refractivity contribution in [3.8, 4) is 23.0 Å². The summed E-state index contributed by atoms with van der Waals surface area (Å²) < 4.78 is 140. The van der Waals surface area contributed by atoms with Crippen molar-refractivity contribution in [2.24, 2.45) is 40.9 Å². The Morgan fingerprint density at radius 1 is 0.283 bits per heavy atom. The number of nitro groups is 4. The van der Waals surface area contributed by atoms with E-state index < -0.39 is 174 Å². The second-order valence-electron chi connectivity index (χ2n) is 19.5. The summed E-state index contributed by atoms with van der Waals surface area (Å²) in [6.07, 6.45) is -2.50. The number of fused-ring (bicyclic) bond motifs is 8. The molecule has 92 heavy (non-hydrogen) atoms. The van der Waals surface area contributed by atoms with Crippen LogP contribution in [0.3, 0.4) is 0 Å². The highest BCUT2D eigenvalue weighted by molar-refractivity contribution is 7.86. The molecule has 8 bridgehead atoms. The number of hydrogen-bond acceptors (Lipinski definition) is 28. The minimum atomic E-state index is -5.25. The van der Waals surface area contributed by atoms with Gasteiger partial charge in [-0.1, -0.05) is 0 Å². The minimum Gasteiger partial charge on any atom is -0.507 e. The molecule has 0 unspecified atom stereocenters. The molecule has 0 saturated carbocycles. The Morgan fingerprint density at radius 2 is 0.446 bits per heavy atom. The van der Waals surface area contributed by atoms with E-state index in [1.54, 1.807) is 0 Å². The lowest BCUT2D eigenvalue weighted by atomic mass is 9.90. The molecule has 0 amide bonds. The number of phenols is 4. The van der Waals surface area contributed by atoms with E-state index >= 15 is 0 Å². The molecular formula is C52H36N12O24S4. The van der Waals surface area contributed by atoms with Crippen LogP contribution in [0.2, 0.25) is 0 Å². The highest BCUT2D eigenvalue weighted by Gasteiger charge is 2.27. The fourth-order valence-electron chi connectivity index (χ4n) is 9.17. The number of rotatable bonds is 16. The van der Waals surface area contributed by atoms with E-state index in [0.29, 0.717) is 24.3 Å². The third kappa shape index (κ3) is 14.5. The first-order valence-corrected chi connectivity index (χ1v) is 30.9. The molecule has 8 N–H and O–H groups in total. The number of hydrogen-bond donors (Lipinski definition) is 8. The normalized spacial score (nSPS) is 13.1. The number of benzene rings is 8. The van der Waals surface area contributed by atoms with Crippen LogP contribution in [0.5, 0.6) is 23.0 Å². The van der Waals surface area contributed by atoms with Crippen LogP contribution >= 0.6 is 0 Å². The Kier molecular flexibility index (Phi) is 17.6. The molecule has 8 aromatic rings. The van der Waals surface area contributed by atoms with Gasteiger partial charge < -0.3 is 20.4 Å². The number of phenolic OH excluding ortho intramolecular Hbond substituents is 4. The van der Waals surface area contributed by atoms with Crippen LogP contribution in [-0.4, -0.2) is 92.0 Å². The molecule has 1 aliphatic carbocycles. The standard InChI is InChI=1S/C52H36N12O24S4/c65-49-25-9-27-15-34(54-58-42-6-2-38(62(71)72)22-46(42)90(80,81)82)17-29(50(27)66)11-31-19-36(56-60-44-8-4-40(64(75)76)24-48(44)92(86,87)88)20-32(52(31)68)12-30-18-35(55-59-43-7-3-39(63(73)74)23-47(43)91(83,84)85)16-28(51(30)67)10-26(49)14-33(13-25)53-57-41-5-1-37(61(69)70)21-45(41)89(77,78)79/h1-8,13-24,65-68H,9-12H2,(H,77,78,79)(H,80,81,82)(H,83,84,85)(H,86,87,88). The molecule has 0 saturated heterocycles. The quantitative estimate of drug-likeness (QED) is 0.0193. The fraction of sp³-hybridized carbons (Fsp3) is 0.0769. The lowest BCUT2D eigenvalue weighted by molar-refractivity contribution is -0.385. The minimum absolute atomic E-state index is 0.212. The predicted molar refractivity (Wildman–Crippen MR) is 312 cm³/mol. The lowest BCUT2D eigenvalue weighted by Crippen LogP contribution is -2.01. The number of nitro benzene ring substituents is 4. The molecule has 0 aromatic heterocycles. The second-order valence-corrected chi connectivity index (χ2v) is 25.1. The predicted octanol–water partition coefficient (Wildman–Crippen LogP) is 11.5. The third-order valence-corrected chi connectivity index (χ3v) is 16.9. The summed E-state index contributed by atoms with van der Waals surface area (Å²) in [5, 5.41) is 127. The van der Waals surface area contributed by atoms with E-state index in [1.165, 1.54) is 0 Å². The first kappa shape index (κ1) is 65.1. The molecule has 40 heteroatoms. The van der Waals surface area contributed by atoms with Gasteiger partial charge in [0.2, 0.25) is 0 Å². The summed E-state index contributed by atoms with van der Waals surface area (Å²) in [4.78, 5) is 38.1. The summed E-state index contributed by atoms with van der Waals surface area (Å²) in [6.45, 7) is 0. The fourth-order valence-corrected chi connectivity index (χ4v) is 11.7. The van der Waals surface area contributed by atoms with Gasteiger partial charge in [0.1, 0.15) is 65.3 Å². The Bertz CT molecular complexity index is 4410. The summed E-state index contributed by atoms with van der Waals surface area (Å²) >= 11 is 0. The first-order chi connectivity index (χ1) is 43.0. The molecule has 472 valence electrons. The maximum absolute atomic E-state index is 12.5. The molecular weight excluding hydrogens is 1300 g/mol. The average Bonchev–Trinajstić information content (AvgIpc) is 0.801. The van der Waals surface area contributed by atoms with Crippen LogP contribution in [0.4, 0.5) is 68.2 Å². The van der Waals surface area contributed by atoms with Crippen molar-refractivity contribution in [1.82, 2.24) is 0 Å². The summed E-state index contributed by atoms with van der Waals surface area (Å²) in [5.74, 6) is -2.55.